The molecule has 0 spiro atoms. The van der Waals surface area contributed by atoms with E-state index < -0.39 is 5.78 Å². The number of Topliss-reactive ketones (excluding diaryl/α,β-unsaturated/α-hetero) is 1. The van der Waals surface area contributed by atoms with E-state index in [4.69, 9.17) is 21.8 Å². The van der Waals surface area contributed by atoms with Gasteiger partial charge in [-0.05, 0) is 0 Å². The third-order valence-electron chi connectivity index (χ3n) is 1.27. The minimum Gasteiger partial charge on any atom is -0.504 e. The minimum absolute atomic E-state index is 0.0419. The Hall–Kier alpha value is -1.29. The molecule has 0 radical (unpaired) electrons. The Morgan fingerprint density at radius 3 is 2.67 bits per heavy atom. The highest BCUT2D eigenvalue weighted by molar-refractivity contribution is 6.30. The summed E-state index contributed by atoms with van der Waals surface area (Å²) in [6.07, 6.45) is 0.995. The van der Waals surface area contributed by atoms with E-state index in [9.17, 15) is 4.79 Å². The summed E-state index contributed by atoms with van der Waals surface area (Å²) in [5.74, 6) is -1.33. The first-order valence-corrected chi connectivity index (χ1v) is 3.65. The van der Waals surface area contributed by atoms with E-state index in [1.165, 1.54) is 0 Å². The van der Waals surface area contributed by atoms with Crippen molar-refractivity contribution in [1.82, 2.24) is 4.98 Å². The Kier molecular flexibility index (Phi) is 2.50. The van der Waals surface area contributed by atoms with Crippen LogP contribution in [-0.2, 0) is 0 Å². The zero-order valence-electron chi connectivity index (χ0n) is 5.99. The molecule has 1 aromatic heterocycles. The van der Waals surface area contributed by atoms with Gasteiger partial charge in [-0.1, -0.05) is 0 Å². The number of pyridine rings is 1. The van der Waals surface area contributed by atoms with Crippen molar-refractivity contribution in [3.63, 3.8) is 0 Å². The predicted octanol–water partition coefficient (Wildman–Crippen LogP) is 0.914. The van der Waals surface area contributed by atoms with E-state index in [1.807, 2.05) is 0 Å². The fourth-order valence-corrected chi connectivity index (χ4v) is 0.795. The van der Waals surface area contributed by atoms with Crippen LogP contribution in [0.5, 0.6) is 11.5 Å². The first-order chi connectivity index (χ1) is 5.65. The van der Waals surface area contributed by atoms with Crippen LogP contribution in [0.15, 0.2) is 12.3 Å². The third kappa shape index (κ3) is 1.65. The first kappa shape index (κ1) is 8.80. The van der Waals surface area contributed by atoms with Crippen LogP contribution in [0.3, 0.4) is 0 Å². The molecule has 0 aliphatic heterocycles. The van der Waals surface area contributed by atoms with E-state index in [2.05, 4.69) is 4.98 Å². The fourth-order valence-electron chi connectivity index (χ4n) is 0.658. The van der Waals surface area contributed by atoms with Gasteiger partial charge in [0.15, 0.2) is 17.3 Å². The zero-order valence-corrected chi connectivity index (χ0v) is 6.75. The van der Waals surface area contributed by atoms with Crippen LogP contribution in [0, 0.1) is 0 Å². The van der Waals surface area contributed by atoms with E-state index in [0.717, 1.165) is 12.3 Å². The van der Waals surface area contributed by atoms with Crippen LogP contribution in [0.1, 0.15) is 10.5 Å². The average molecular weight is 188 g/mol. The largest absolute Gasteiger partial charge is 0.504 e. The molecule has 0 amide bonds. The lowest BCUT2D eigenvalue weighted by molar-refractivity contribution is 0.101. The lowest BCUT2D eigenvalue weighted by atomic mass is 10.2. The molecule has 1 heterocycles. The third-order valence-corrected chi connectivity index (χ3v) is 1.51. The van der Waals surface area contributed by atoms with E-state index in [-0.39, 0.29) is 23.1 Å². The molecule has 4 nitrogen and oxygen atoms in total. The summed E-state index contributed by atoms with van der Waals surface area (Å²) in [5, 5.41) is 17.8. The summed E-state index contributed by atoms with van der Waals surface area (Å²) in [6.45, 7) is 0. The zero-order chi connectivity index (χ0) is 9.14. The van der Waals surface area contributed by atoms with E-state index >= 15 is 0 Å². The molecule has 5 heteroatoms. The molecule has 0 saturated carbocycles. The summed E-state index contributed by atoms with van der Waals surface area (Å²) >= 11 is 5.24. The van der Waals surface area contributed by atoms with Crippen molar-refractivity contribution in [2.75, 3.05) is 5.88 Å². The van der Waals surface area contributed by atoms with Gasteiger partial charge in [0.1, 0.15) is 5.69 Å². The number of aromatic hydroxyl groups is 2. The Labute approximate surface area is 73.4 Å². The van der Waals surface area contributed by atoms with Gasteiger partial charge < -0.3 is 10.2 Å². The Bertz CT molecular complexity index is 314. The molecule has 0 aromatic carbocycles. The lowest BCUT2D eigenvalue weighted by Crippen LogP contribution is -2.02. The van der Waals surface area contributed by atoms with Crippen molar-refractivity contribution < 1.29 is 15.0 Å². The molecule has 0 aliphatic carbocycles. The van der Waals surface area contributed by atoms with Gasteiger partial charge >= 0.3 is 0 Å². The summed E-state index contributed by atoms with van der Waals surface area (Å²) in [6, 6.07) is 1.07. The predicted molar refractivity (Wildman–Crippen MR) is 42.6 cm³/mol. The lowest BCUT2D eigenvalue weighted by Gasteiger charge is -1.98. The number of carbonyl (C=O) groups excluding carboxylic acids is 1. The molecule has 1 rings (SSSR count). The summed E-state index contributed by atoms with van der Waals surface area (Å²) in [5.41, 5.74) is 0.0419. The second-order valence-corrected chi connectivity index (χ2v) is 2.38. The molecule has 0 atom stereocenters. The standard InChI is InChI=1S/C7H6ClNO3/c8-2-6(11)4-1-5(10)7(12)3-9-4/h1,3,12H,2H2,(H,9,10). The van der Waals surface area contributed by atoms with E-state index in [1.54, 1.807) is 0 Å². The highest BCUT2D eigenvalue weighted by Gasteiger charge is 2.08. The molecule has 64 valence electrons. The SMILES string of the molecule is O=C(CCl)c1cc(O)c(O)cn1. The molecule has 0 saturated heterocycles. The van der Waals surface area contributed by atoms with Crippen molar-refractivity contribution in [3.8, 4) is 11.5 Å². The van der Waals surface area contributed by atoms with Gasteiger partial charge in [-0.25, -0.2) is 4.98 Å². The number of ketones is 1. The van der Waals surface area contributed by atoms with Crippen LogP contribution >= 0.6 is 11.6 Å². The second-order valence-electron chi connectivity index (χ2n) is 2.12. The first-order valence-electron chi connectivity index (χ1n) is 3.12. The normalized spacial score (nSPS) is 9.75. The molecule has 0 unspecified atom stereocenters. The van der Waals surface area contributed by atoms with Crippen molar-refractivity contribution in [3.05, 3.63) is 18.0 Å². The molecule has 12 heavy (non-hydrogen) atoms. The van der Waals surface area contributed by atoms with Crippen molar-refractivity contribution in [1.29, 1.82) is 0 Å². The number of nitrogens with zero attached hydrogens (tertiary/aromatic N) is 1. The Morgan fingerprint density at radius 1 is 1.50 bits per heavy atom. The monoisotopic (exact) mass is 187 g/mol. The van der Waals surface area contributed by atoms with Crippen LogP contribution in [0.2, 0.25) is 0 Å². The molecular weight excluding hydrogens is 182 g/mol. The van der Waals surface area contributed by atoms with Crippen LogP contribution in [-0.4, -0.2) is 26.9 Å². The van der Waals surface area contributed by atoms with Gasteiger partial charge in [-0.3, -0.25) is 4.79 Å². The van der Waals surface area contributed by atoms with Gasteiger partial charge in [0.05, 0.1) is 12.1 Å². The molecular formula is C7H6ClNO3. The van der Waals surface area contributed by atoms with E-state index in [0.29, 0.717) is 0 Å². The number of carbonyl (C=O) groups is 1. The summed E-state index contributed by atoms with van der Waals surface area (Å²) in [7, 11) is 0. The van der Waals surface area contributed by atoms with Crippen LogP contribution in [0.25, 0.3) is 0 Å². The number of aromatic nitrogens is 1. The number of hydrogen-bond acceptors (Lipinski definition) is 4. The van der Waals surface area contributed by atoms with Gasteiger partial charge in [-0.2, -0.15) is 0 Å². The van der Waals surface area contributed by atoms with Gasteiger partial charge in [0, 0.05) is 6.07 Å². The quantitative estimate of drug-likeness (QED) is 0.534. The highest BCUT2D eigenvalue weighted by atomic mass is 35.5. The maximum atomic E-state index is 10.9. The van der Waals surface area contributed by atoms with Gasteiger partial charge in [0.25, 0.3) is 0 Å². The second kappa shape index (κ2) is 3.40. The van der Waals surface area contributed by atoms with Crippen molar-refractivity contribution in [2.45, 2.75) is 0 Å². The number of rotatable bonds is 2. The number of alkyl halides is 1. The summed E-state index contributed by atoms with van der Waals surface area (Å²) < 4.78 is 0. The highest BCUT2D eigenvalue weighted by Crippen LogP contribution is 2.22. The molecule has 1 aromatic rings. The van der Waals surface area contributed by atoms with Crippen LogP contribution in [0.4, 0.5) is 0 Å². The maximum Gasteiger partial charge on any atom is 0.195 e. The van der Waals surface area contributed by atoms with Gasteiger partial charge in [-0.15, -0.1) is 11.6 Å². The average Bonchev–Trinajstić information content (AvgIpc) is 2.08. The minimum atomic E-state index is -0.396. The van der Waals surface area contributed by atoms with Gasteiger partial charge in [0.2, 0.25) is 0 Å². The molecule has 0 fully saturated rings. The van der Waals surface area contributed by atoms with Crippen LogP contribution < -0.4 is 0 Å². The summed E-state index contributed by atoms with van der Waals surface area (Å²) in [4.78, 5) is 14.5. The smallest absolute Gasteiger partial charge is 0.195 e. The molecule has 0 aliphatic rings. The Morgan fingerprint density at radius 2 is 2.17 bits per heavy atom. The molecule has 0 bridgehead atoms. The topological polar surface area (TPSA) is 70.4 Å². The molecule has 2 N–H and O–H groups in total. The Balaban J connectivity index is 3.05. The fraction of sp³-hybridized carbons (Fsp3) is 0.143. The maximum absolute atomic E-state index is 10.9. The van der Waals surface area contributed by atoms with Crippen molar-refractivity contribution >= 4 is 17.4 Å². The number of halogens is 1. The number of hydrogen-bond donors (Lipinski definition) is 2. The van der Waals surface area contributed by atoms with Crippen molar-refractivity contribution in [2.24, 2.45) is 0 Å².